The number of carbonyl (C=O) groups excluding carboxylic acids is 1. The van der Waals surface area contributed by atoms with Gasteiger partial charge in [-0.1, -0.05) is 11.8 Å². The first-order valence-corrected chi connectivity index (χ1v) is 4.36. The molecule has 3 heteroatoms. The molecular weight excluding hydrogens is 186 g/mol. The smallest absolute Gasteiger partial charge is 0.151 e. The number of hydrogen-bond donors (Lipinski definition) is 0. The van der Waals surface area contributed by atoms with Gasteiger partial charge < -0.3 is 0 Å². The van der Waals surface area contributed by atoms with Gasteiger partial charge in [0, 0.05) is 30.3 Å². The molecule has 0 spiro atoms. The lowest BCUT2D eigenvalue weighted by molar-refractivity contribution is 0.112. The topological polar surface area (TPSA) is 30.0 Å². The molecule has 0 radical (unpaired) electrons. The van der Waals surface area contributed by atoms with E-state index in [1.54, 1.807) is 18.5 Å². The number of aldehydes is 1. The third-order valence-electron chi connectivity index (χ3n) is 1.42. The molecule has 0 aliphatic carbocycles. The minimum absolute atomic E-state index is 0.504. The number of aromatic nitrogens is 1. The van der Waals surface area contributed by atoms with Crippen LogP contribution in [0, 0.1) is 11.8 Å². The number of carbonyl (C=O) groups is 1. The van der Waals surface area contributed by atoms with Crippen molar-refractivity contribution in [2.75, 3.05) is 5.88 Å². The van der Waals surface area contributed by atoms with E-state index < -0.39 is 0 Å². The molecular formula is C10H8ClNO. The Hall–Kier alpha value is -1.33. The van der Waals surface area contributed by atoms with Crippen LogP contribution in [-0.2, 0) is 0 Å². The lowest BCUT2D eigenvalue weighted by atomic mass is 10.1. The van der Waals surface area contributed by atoms with Gasteiger partial charge in [0.15, 0.2) is 6.29 Å². The summed E-state index contributed by atoms with van der Waals surface area (Å²) in [5.41, 5.74) is 1.22. The zero-order valence-corrected chi connectivity index (χ0v) is 7.71. The van der Waals surface area contributed by atoms with Crippen LogP contribution < -0.4 is 0 Å². The molecule has 0 aliphatic heterocycles. The van der Waals surface area contributed by atoms with Crippen LogP contribution in [0.4, 0.5) is 0 Å². The van der Waals surface area contributed by atoms with Gasteiger partial charge in [0.2, 0.25) is 0 Å². The highest BCUT2D eigenvalue weighted by Gasteiger charge is 1.95. The number of pyridine rings is 1. The van der Waals surface area contributed by atoms with E-state index in [1.165, 1.54) is 0 Å². The second-order valence-corrected chi connectivity index (χ2v) is 2.70. The Balaban J connectivity index is 2.88. The molecule has 0 fully saturated rings. The summed E-state index contributed by atoms with van der Waals surface area (Å²) in [6.07, 6.45) is 4.53. The number of hydrogen-bond acceptors (Lipinski definition) is 2. The second-order valence-electron chi connectivity index (χ2n) is 2.32. The molecule has 1 heterocycles. The van der Waals surface area contributed by atoms with Gasteiger partial charge in [-0.05, 0) is 6.07 Å². The lowest BCUT2D eigenvalue weighted by Gasteiger charge is -1.92. The summed E-state index contributed by atoms with van der Waals surface area (Å²) in [7, 11) is 0. The van der Waals surface area contributed by atoms with Crippen LogP contribution in [0.1, 0.15) is 22.3 Å². The third kappa shape index (κ3) is 2.89. The first-order valence-electron chi connectivity index (χ1n) is 3.82. The van der Waals surface area contributed by atoms with E-state index in [0.29, 0.717) is 23.4 Å². The molecule has 0 bridgehead atoms. The summed E-state index contributed by atoms with van der Waals surface area (Å²) in [6.45, 7) is 0. The Morgan fingerprint density at radius 1 is 1.62 bits per heavy atom. The van der Waals surface area contributed by atoms with Crippen molar-refractivity contribution in [1.82, 2.24) is 4.98 Å². The van der Waals surface area contributed by atoms with Crippen molar-refractivity contribution in [2.24, 2.45) is 0 Å². The van der Waals surface area contributed by atoms with E-state index in [1.807, 2.05) is 0 Å². The lowest BCUT2D eigenvalue weighted by Crippen LogP contribution is -1.87. The normalized spacial score (nSPS) is 8.69. The summed E-state index contributed by atoms with van der Waals surface area (Å²) in [6, 6.07) is 1.64. The highest BCUT2D eigenvalue weighted by molar-refractivity contribution is 6.18. The SMILES string of the molecule is O=Cc1ccncc1C#CCCCl. The van der Waals surface area contributed by atoms with Crippen molar-refractivity contribution >= 4 is 17.9 Å². The maximum Gasteiger partial charge on any atom is 0.151 e. The minimum atomic E-state index is 0.504. The number of halogens is 1. The van der Waals surface area contributed by atoms with Crippen LogP contribution in [0.5, 0.6) is 0 Å². The average Bonchev–Trinajstić information content (AvgIpc) is 2.19. The van der Waals surface area contributed by atoms with Gasteiger partial charge in [0.05, 0.1) is 5.56 Å². The van der Waals surface area contributed by atoms with E-state index in [9.17, 15) is 4.79 Å². The fourth-order valence-electron chi connectivity index (χ4n) is 0.817. The van der Waals surface area contributed by atoms with Crippen molar-refractivity contribution in [3.05, 3.63) is 29.6 Å². The van der Waals surface area contributed by atoms with Crippen molar-refractivity contribution in [2.45, 2.75) is 6.42 Å². The molecule has 0 aromatic carbocycles. The van der Waals surface area contributed by atoms with E-state index in [4.69, 9.17) is 11.6 Å². The predicted molar refractivity (Wildman–Crippen MR) is 51.8 cm³/mol. The van der Waals surface area contributed by atoms with Gasteiger partial charge in [0.25, 0.3) is 0 Å². The Kier molecular flexibility index (Phi) is 4.01. The zero-order valence-electron chi connectivity index (χ0n) is 6.96. The molecule has 1 aromatic heterocycles. The first kappa shape index (κ1) is 9.76. The molecule has 0 saturated heterocycles. The highest BCUT2D eigenvalue weighted by atomic mass is 35.5. The number of nitrogens with zero attached hydrogens (tertiary/aromatic N) is 1. The van der Waals surface area contributed by atoms with Crippen molar-refractivity contribution < 1.29 is 4.79 Å². The van der Waals surface area contributed by atoms with E-state index in [2.05, 4.69) is 16.8 Å². The fraction of sp³-hybridized carbons (Fsp3) is 0.200. The van der Waals surface area contributed by atoms with Crippen molar-refractivity contribution in [3.8, 4) is 11.8 Å². The fourth-order valence-corrected chi connectivity index (χ4v) is 0.912. The van der Waals surface area contributed by atoms with Crippen molar-refractivity contribution in [3.63, 3.8) is 0 Å². The van der Waals surface area contributed by atoms with Gasteiger partial charge in [-0.2, -0.15) is 0 Å². The summed E-state index contributed by atoms with van der Waals surface area (Å²) >= 11 is 5.45. The molecule has 0 atom stereocenters. The monoisotopic (exact) mass is 193 g/mol. The molecule has 13 heavy (non-hydrogen) atoms. The summed E-state index contributed by atoms with van der Waals surface area (Å²) in [5, 5.41) is 0. The third-order valence-corrected chi connectivity index (χ3v) is 1.61. The van der Waals surface area contributed by atoms with Crippen LogP contribution in [-0.4, -0.2) is 17.2 Å². The maximum atomic E-state index is 10.5. The second kappa shape index (κ2) is 5.34. The van der Waals surface area contributed by atoms with Crippen LogP contribution in [0.3, 0.4) is 0 Å². The average molecular weight is 194 g/mol. The van der Waals surface area contributed by atoms with Gasteiger partial charge in [-0.3, -0.25) is 9.78 Å². The Morgan fingerprint density at radius 3 is 3.15 bits per heavy atom. The molecule has 1 rings (SSSR count). The summed E-state index contributed by atoms with van der Waals surface area (Å²) in [4.78, 5) is 14.4. The molecule has 0 amide bonds. The van der Waals surface area contributed by atoms with Gasteiger partial charge >= 0.3 is 0 Å². The van der Waals surface area contributed by atoms with Crippen LogP contribution >= 0.6 is 11.6 Å². The van der Waals surface area contributed by atoms with Crippen LogP contribution in [0.25, 0.3) is 0 Å². The maximum absolute atomic E-state index is 10.5. The summed E-state index contributed by atoms with van der Waals surface area (Å²) < 4.78 is 0. The van der Waals surface area contributed by atoms with Crippen molar-refractivity contribution in [1.29, 1.82) is 0 Å². The molecule has 66 valence electrons. The predicted octanol–water partition coefficient (Wildman–Crippen LogP) is 1.87. The largest absolute Gasteiger partial charge is 0.298 e. The first-order chi connectivity index (χ1) is 6.38. The van der Waals surface area contributed by atoms with E-state index in [-0.39, 0.29) is 0 Å². The van der Waals surface area contributed by atoms with Gasteiger partial charge in [0.1, 0.15) is 0 Å². The standard InChI is InChI=1S/C10H8ClNO/c11-5-2-1-3-9-7-12-6-4-10(9)8-13/h4,6-8H,2,5H2. The van der Waals surface area contributed by atoms with Crippen LogP contribution in [0.2, 0.25) is 0 Å². The Bertz CT molecular complexity index is 351. The minimum Gasteiger partial charge on any atom is -0.298 e. The zero-order chi connectivity index (χ0) is 9.52. The Morgan fingerprint density at radius 2 is 2.46 bits per heavy atom. The van der Waals surface area contributed by atoms with Crippen LogP contribution in [0.15, 0.2) is 18.5 Å². The molecule has 1 aromatic rings. The summed E-state index contributed by atoms with van der Waals surface area (Å²) in [5.74, 6) is 6.19. The Labute approximate surface area is 81.9 Å². The quantitative estimate of drug-likeness (QED) is 0.408. The van der Waals surface area contributed by atoms with E-state index in [0.717, 1.165) is 6.29 Å². The number of alkyl halides is 1. The van der Waals surface area contributed by atoms with Gasteiger partial charge in [-0.25, -0.2) is 0 Å². The molecule has 0 unspecified atom stereocenters. The molecule has 0 aliphatic rings. The number of rotatable bonds is 2. The van der Waals surface area contributed by atoms with Gasteiger partial charge in [-0.15, -0.1) is 11.6 Å². The molecule has 0 N–H and O–H groups in total. The highest BCUT2D eigenvalue weighted by Crippen LogP contribution is 2.01. The molecule has 0 saturated carbocycles. The van der Waals surface area contributed by atoms with E-state index >= 15 is 0 Å². The molecule has 2 nitrogen and oxygen atoms in total.